The van der Waals surface area contributed by atoms with Gasteiger partial charge in [0.05, 0.1) is 11.1 Å². The van der Waals surface area contributed by atoms with Gasteiger partial charge < -0.3 is 10.1 Å². The van der Waals surface area contributed by atoms with Crippen LogP contribution in [0.4, 0.5) is 0 Å². The summed E-state index contributed by atoms with van der Waals surface area (Å²) in [5.74, 6) is 0.592. The molecule has 1 aliphatic heterocycles. The fraction of sp³-hybridized carbons (Fsp3) is 0.600. The third-order valence-electron chi connectivity index (χ3n) is 2.55. The third kappa shape index (κ3) is 2.11. The molecule has 2 nitrogen and oxygen atoms in total. The van der Waals surface area contributed by atoms with Crippen molar-refractivity contribution in [2.45, 2.75) is 12.5 Å². The van der Waals surface area contributed by atoms with Crippen LogP contribution in [0.3, 0.4) is 0 Å². The molecule has 1 aromatic rings. The van der Waals surface area contributed by atoms with E-state index in [4.69, 9.17) is 16.3 Å². The molecule has 1 saturated heterocycles. The Morgan fingerprint density at radius 2 is 2.57 bits per heavy atom. The van der Waals surface area contributed by atoms with E-state index in [0.717, 1.165) is 24.6 Å². The maximum atomic E-state index is 5.90. The summed E-state index contributed by atoms with van der Waals surface area (Å²) in [6.07, 6.45) is 1.39. The van der Waals surface area contributed by atoms with Gasteiger partial charge in [-0.15, -0.1) is 11.3 Å². The second-order valence-electron chi connectivity index (χ2n) is 3.57. The van der Waals surface area contributed by atoms with Crippen LogP contribution in [-0.2, 0) is 4.74 Å². The van der Waals surface area contributed by atoms with Gasteiger partial charge >= 0.3 is 0 Å². The van der Waals surface area contributed by atoms with Crippen LogP contribution in [0.5, 0.6) is 0 Å². The molecule has 2 rings (SSSR count). The van der Waals surface area contributed by atoms with E-state index in [-0.39, 0.29) is 6.10 Å². The maximum Gasteiger partial charge on any atom is 0.0958 e. The highest BCUT2D eigenvalue weighted by Gasteiger charge is 2.29. The molecule has 1 aliphatic rings. The second kappa shape index (κ2) is 4.62. The van der Waals surface area contributed by atoms with Crippen LogP contribution in [-0.4, -0.2) is 20.2 Å². The molecule has 4 heteroatoms. The number of ether oxygens (including phenoxy) is 1. The molecule has 2 unspecified atom stereocenters. The van der Waals surface area contributed by atoms with Gasteiger partial charge in [-0.3, -0.25) is 0 Å². The first kappa shape index (κ1) is 10.4. The Kier molecular flexibility index (Phi) is 3.44. The smallest absolute Gasteiger partial charge is 0.0958 e. The Balaban J connectivity index is 2.09. The molecule has 0 radical (unpaired) electrons. The molecule has 2 atom stereocenters. The maximum absolute atomic E-state index is 5.90. The standard InChI is InChI=1S/C10H14ClNOS/c1-12-5-7-2-3-13-10(7)9-4-8(11)6-14-9/h4,6-7,10,12H,2-3,5H2,1H3. The van der Waals surface area contributed by atoms with Crippen molar-refractivity contribution in [1.29, 1.82) is 0 Å². The molecule has 14 heavy (non-hydrogen) atoms. The van der Waals surface area contributed by atoms with Crippen molar-refractivity contribution >= 4 is 22.9 Å². The molecule has 1 N–H and O–H groups in total. The molecule has 78 valence electrons. The van der Waals surface area contributed by atoms with E-state index in [1.165, 1.54) is 4.88 Å². The Hall–Kier alpha value is -0.0900. The highest BCUT2D eigenvalue weighted by atomic mass is 35.5. The van der Waals surface area contributed by atoms with Gasteiger partial charge in [-0.05, 0) is 19.5 Å². The Labute approximate surface area is 93.2 Å². The Morgan fingerprint density at radius 1 is 1.71 bits per heavy atom. The summed E-state index contributed by atoms with van der Waals surface area (Å²) in [6, 6.07) is 2.02. The summed E-state index contributed by atoms with van der Waals surface area (Å²) in [6.45, 7) is 1.88. The Bertz CT molecular complexity index is 302. The minimum Gasteiger partial charge on any atom is -0.372 e. The van der Waals surface area contributed by atoms with Gasteiger partial charge in [0.25, 0.3) is 0 Å². The zero-order valence-electron chi connectivity index (χ0n) is 8.13. The monoisotopic (exact) mass is 231 g/mol. The molecule has 1 aromatic heterocycles. The van der Waals surface area contributed by atoms with Crippen LogP contribution in [0.15, 0.2) is 11.4 Å². The number of hydrogen-bond acceptors (Lipinski definition) is 3. The zero-order valence-corrected chi connectivity index (χ0v) is 9.70. The Morgan fingerprint density at radius 3 is 3.21 bits per heavy atom. The first-order valence-electron chi connectivity index (χ1n) is 4.81. The lowest BCUT2D eigenvalue weighted by Crippen LogP contribution is -2.20. The highest BCUT2D eigenvalue weighted by Crippen LogP contribution is 2.38. The van der Waals surface area contributed by atoms with Crippen molar-refractivity contribution < 1.29 is 4.74 Å². The van der Waals surface area contributed by atoms with Crippen molar-refractivity contribution in [3.8, 4) is 0 Å². The highest BCUT2D eigenvalue weighted by molar-refractivity contribution is 7.10. The lowest BCUT2D eigenvalue weighted by molar-refractivity contribution is 0.0938. The van der Waals surface area contributed by atoms with Crippen LogP contribution in [0, 0.1) is 5.92 Å². The normalized spacial score (nSPS) is 27.0. The molecular weight excluding hydrogens is 218 g/mol. The quantitative estimate of drug-likeness (QED) is 0.864. The van der Waals surface area contributed by atoms with Gasteiger partial charge in [0, 0.05) is 29.3 Å². The van der Waals surface area contributed by atoms with Crippen molar-refractivity contribution in [3.05, 3.63) is 21.3 Å². The van der Waals surface area contributed by atoms with Crippen molar-refractivity contribution in [2.75, 3.05) is 20.2 Å². The molecule has 0 aliphatic carbocycles. The lowest BCUT2D eigenvalue weighted by atomic mass is 10.0. The van der Waals surface area contributed by atoms with Crippen LogP contribution in [0.2, 0.25) is 5.02 Å². The molecule has 0 spiro atoms. The zero-order chi connectivity index (χ0) is 9.97. The summed E-state index contributed by atoms with van der Waals surface area (Å²) in [7, 11) is 1.98. The molecule has 0 bridgehead atoms. The molecule has 0 amide bonds. The van der Waals surface area contributed by atoms with Gasteiger partial charge in [0.15, 0.2) is 0 Å². The average Bonchev–Trinajstić information content (AvgIpc) is 2.74. The lowest BCUT2D eigenvalue weighted by Gasteiger charge is -2.16. The van der Waals surface area contributed by atoms with E-state index < -0.39 is 0 Å². The molecule has 1 fully saturated rings. The van der Waals surface area contributed by atoms with Crippen LogP contribution in [0.25, 0.3) is 0 Å². The van der Waals surface area contributed by atoms with Gasteiger partial charge in [-0.2, -0.15) is 0 Å². The largest absolute Gasteiger partial charge is 0.372 e. The van der Waals surface area contributed by atoms with Crippen LogP contribution >= 0.6 is 22.9 Å². The number of hydrogen-bond donors (Lipinski definition) is 1. The van der Waals surface area contributed by atoms with E-state index in [0.29, 0.717) is 5.92 Å². The molecule has 0 saturated carbocycles. The summed E-state index contributed by atoms with van der Waals surface area (Å²) in [5, 5.41) is 6.00. The summed E-state index contributed by atoms with van der Waals surface area (Å²) >= 11 is 7.59. The second-order valence-corrected chi connectivity index (χ2v) is 4.94. The van der Waals surface area contributed by atoms with Crippen LogP contribution in [0.1, 0.15) is 17.4 Å². The topological polar surface area (TPSA) is 21.3 Å². The fourth-order valence-electron chi connectivity index (χ4n) is 1.90. The first-order chi connectivity index (χ1) is 6.81. The minimum atomic E-state index is 0.250. The third-order valence-corrected chi connectivity index (χ3v) is 3.89. The van der Waals surface area contributed by atoms with E-state index in [2.05, 4.69) is 5.32 Å². The van der Waals surface area contributed by atoms with E-state index in [9.17, 15) is 0 Å². The van der Waals surface area contributed by atoms with Crippen molar-refractivity contribution in [2.24, 2.45) is 5.92 Å². The summed E-state index contributed by atoms with van der Waals surface area (Å²) in [4.78, 5) is 1.26. The molecule has 0 aromatic carbocycles. The van der Waals surface area contributed by atoms with Gasteiger partial charge in [0.2, 0.25) is 0 Å². The number of nitrogens with one attached hydrogen (secondary N) is 1. The van der Waals surface area contributed by atoms with Gasteiger partial charge in [-0.25, -0.2) is 0 Å². The van der Waals surface area contributed by atoms with Crippen molar-refractivity contribution in [1.82, 2.24) is 5.32 Å². The number of thiophene rings is 1. The van der Waals surface area contributed by atoms with Gasteiger partial charge in [-0.1, -0.05) is 11.6 Å². The first-order valence-corrected chi connectivity index (χ1v) is 6.07. The van der Waals surface area contributed by atoms with Crippen LogP contribution < -0.4 is 5.32 Å². The summed E-state index contributed by atoms with van der Waals surface area (Å²) < 4.78 is 5.73. The number of halogens is 1. The predicted molar refractivity (Wildman–Crippen MR) is 60.1 cm³/mol. The van der Waals surface area contributed by atoms with E-state index in [1.807, 2.05) is 18.5 Å². The molecular formula is C10H14ClNOS. The molecule has 2 heterocycles. The van der Waals surface area contributed by atoms with Gasteiger partial charge in [0.1, 0.15) is 0 Å². The van der Waals surface area contributed by atoms with E-state index >= 15 is 0 Å². The summed E-state index contributed by atoms with van der Waals surface area (Å²) in [5.41, 5.74) is 0. The SMILES string of the molecule is CNCC1CCOC1c1cc(Cl)cs1. The average molecular weight is 232 g/mol. The number of rotatable bonds is 3. The van der Waals surface area contributed by atoms with Crippen molar-refractivity contribution in [3.63, 3.8) is 0 Å². The predicted octanol–water partition coefficient (Wildman–Crippen LogP) is 2.70. The van der Waals surface area contributed by atoms with E-state index in [1.54, 1.807) is 11.3 Å². The fourth-order valence-corrected chi connectivity index (χ4v) is 3.12. The minimum absolute atomic E-state index is 0.250.